The molecule has 0 radical (unpaired) electrons. The second-order valence-electron chi connectivity index (χ2n) is 6.93. The molecule has 0 spiro atoms. The van der Waals surface area contributed by atoms with Gasteiger partial charge in [0.1, 0.15) is 12.4 Å². The molecule has 1 fully saturated rings. The molecule has 0 unspecified atom stereocenters. The first kappa shape index (κ1) is 17.5. The number of hydrogen-bond donors (Lipinski definition) is 1. The molecule has 3 heterocycles. The Bertz CT molecular complexity index is 1100. The maximum absolute atomic E-state index is 5.89. The lowest BCUT2D eigenvalue weighted by Gasteiger charge is -2.26. The van der Waals surface area contributed by atoms with Crippen molar-refractivity contribution < 1.29 is 9.47 Å². The first-order chi connectivity index (χ1) is 13.8. The predicted octanol–water partition coefficient (Wildman–Crippen LogP) is 3.51. The summed E-state index contributed by atoms with van der Waals surface area (Å²) in [6.07, 6.45) is 2.08. The smallest absolute Gasteiger partial charge is 0.195 e. The van der Waals surface area contributed by atoms with Crippen molar-refractivity contribution in [1.29, 1.82) is 0 Å². The molecular weight excluding hydrogens is 372 g/mol. The Kier molecular flexibility index (Phi) is 4.64. The van der Waals surface area contributed by atoms with Crippen LogP contribution in [0.3, 0.4) is 0 Å². The van der Waals surface area contributed by atoms with E-state index < -0.39 is 0 Å². The quantitative estimate of drug-likeness (QED) is 0.525. The second-order valence-corrected chi connectivity index (χ2v) is 7.94. The van der Waals surface area contributed by atoms with Gasteiger partial charge < -0.3 is 15.2 Å². The Morgan fingerprint density at radius 2 is 1.93 bits per heavy atom. The summed E-state index contributed by atoms with van der Waals surface area (Å²) in [4.78, 5) is 8.13. The Morgan fingerprint density at radius 1 is 1.11 bits per heavy atom. The molecule has 2 aromatic carbocycles. The normalized spacial score (nSPS) is 15.4. The van der Waals surface area contributed by atoms with Crippen molar-refractivity contribution in [2.45, 2.75) is 0 Å². The zero-order valence-corrected chi connectivity index (χ0v) is 16.3. The van der Waals surface area contributed by atoms with Gasteiger partial charge in [-0.25, -0.2) is 4.98 Å². The number of fused-ring (bicyclic) bond motifs is 3. The molecule has 28 heavy (non-hydrogen) atoms. The monoisotopic (exact) mass is 394 g/mol. The molecule has 1 aliphatic heterocycles. The summed E-state index contributed by atoms with van der Waals surface area (Å²) < 4.78 is 14.5. The van der Waals surface area contributed by atoms with Crippen molar-refractivity contribution in [2.24, 2.45) is 0 Å². The third-order valence-corrected chi connectivity index (χ3v) is 6.07. The van der Waals surface area contributed by atoms with E-state index in [1.54, 1.807) is 11.3 Å². The fourth-order valence-corrected chi connectivity index (χ4v) is 4.55. The van der Waals surface area contributed by atoms with Crippen molar-refractivity contribution in [3.8, 4) is 17.0 Å². The second kappa shape index (κ2) is 7.43. The van der Waals surface area contributed by atoms with Gasteiger partial charge in [-0.05, 0) is 42.5 Å². The van der Waals surface area contributed by atoms with Crippen LogP contribution in [-0.2, 0) is 4.74 Å². The molecule has 144 valence electrons. The lowest BCUT2D eigenvalue weighted by molar-refractivity contribution is 0.0322. The topological polar surface area (TPSA) is 65.0 Å². The molecule has 5 rings (SSSR count). The van der Waals surface area contributed by atoms with Gasteiger partial charge in [0.15, 0.2) is 4.96 Å². The molecular formula is C21H22N4O2S. The van der Waals surface area contributed by atoms with Gasteiger partial charge in [0.05, 0.1) is 29.1 Å². The van der Waals surface area contributed by atoms with Crippen molar-refractivity contribution in [2.75, 3.05) is 45.2 Å². The van der Waals surface area contributed by atoms with Gasteiger partial charge in [-0.3, -0.25) is 9.30 Å². The fourth-order valence-electron chi connectivity index (χ4n) is 3.50. The molecule has 0 amide bonds. The summed E-state index contributed by atoms with van der Waals surface area (Å²) in [5.41, 5.74) is 9.84. The molecule has 0 atom stereocenters. The highest BCUT2D eigenvalue weighted by atomic mass is 32.1. The number of imidazole rings is 1. The van der Waals surface area contributed by atoms with Crippen LogP contribution in [0.15, 0.2) is 48.7 Å². The van der Waals surface area contributed by atoms with E-state index in [0.717, 1.165) is 70.7 Å². The van der Waals surface area contributed by atoms with Crippen molar-refractivity contribution >= 4 is 32.2 Å². The Hall–Kier alpha value is -2.61. The number of hydrogen-bond acceptors (Lipinski definition) is 6. The number of ether oxygens (including phenoxy) is 2. The SMILES string of the molecule is Nc1ccc2c(c1)sc1nc(-c3ccc(OCCN4CCOCC4)cc3)cn12. The van der Waals surface area contributed by atoms with Gasteiger partial charge in [-0.2, -0.15) is 0 Å². The lowest BCUT2D eigenvalue weighted by atomic mass is 10.1. The van der Waals surface area contributed by atoms with Gasteiger partial charge in [-0.1, -0.05) is 11.3 Å². The van der Waals surface area contributed by atoms with E-state index in [-0.39, 0.29) is 0 Å². The minimum atomic E-state index is 0.689. The number of benzene rings is 2. The predicted molar refractivity (Wildman–Crippen MR) is 113 cm³/mol. The van der Waals surface area contributed by atoms with E-state index in [4.69, 9.17) is 20.2 Å². The molecule has 0 aliphatic carbocycles. The molecule has 4 aromatic rings. The first-order valence-corrected chi connectivity index (χ1v) is 10.3. The van der Waals surface area contributed by atoms with E-state index in [1.165, 1.54) is 0 Å². The van der Waals surface area contributed by atoms with Gasteiger partial charge in [0.2, 0.25) is 0 Å². The van der Waals surface area contributed by atoms with Gasteiger partial charge in [0.25, 0.3) is 0 Å². The van der Waals surface area contributed by atoms with Crippen LogP contribution in [0.25, 0.3) is 26.4 Å². The third kappa shape index (κ3) is 3.44. The Morgan fingerprint density at radius 3 is 2.75 bits per heavy atom. The third-order valence-electron chi connectivity index (χ3n) is 5.05. The summed E-state index contributed by atoms with van der Waals surface area (Å²) in [7, 11) is 0. The van der Waals surface area contributed by atoms with Gasteiger partial charge in [-0.15, -0.1) is 0 Å². The molecule has 2 N–H and O–H groups in total. The molecule has 2 aromatic heterocycles. The highest BCUT2D eigenvalue weighted by Crippen LogP contribution is 2.31. The largest absolute Gasteiger partial charge is 0.492 e. The van der Waals surface area contributed by atoms with E-state index in [9.17, 15) is 0 Å². The average molecular weight is 395 g/mol. The van der Waals surface area contributed by atoms with Crippen LogP contribution < -0.4 is 10.5 Å². The zero-order valence-electron chi connectivity index (χ0n) is 15.5. The van der Waals surface area contributed by atoms with Crippen molar-refractivity contribution in [1.82, 2.24) is 14.3 Å². The number of thiazole rings is 1. The van der Waals surface area contributed by atoms with Crippen LogP contribution >= 0.6 is 11.3 Å². The van der Waals surface area contributed by atoms with Crippen LogP contribution in [0.2, 0.25) is 0 Å². The minimum absolute atomic E-state index is 0.689. The van der Waals surface area contributed by atoms with Crippen LogP contribution in [0.4, 0.5) is 5.69 Å². The Labute approximate surface area is 167 Å². The van der Waals surface area contributed by atoms with Crippen LogP contribution in [0.1, 0.15) is 0 Å². The lowest BCUT2D eigenvalue weighted by Crippen LogP contribution is -2.38. The number of nitrogen functional groups attached to an aromatic ring is 1. The number of morpholine rings is 1. The maximum Gasteiger partial charge on any atom is 0.195 e. The van der Waals surface area contributed by atoms with E-state index in [2.05, 4.69) is 27.6 Å². The minimum Gasteiger partial charge on any atom is -0.492 e. The van der Waals surface area contributed by atoms with Crippen LogP contribution in [0.5, 0.6) is 5.75 Å². The van der Waals surface area contributed by atoms with Crippen LogP contribution in [-0.4, -0.2) is 53.7 Å². The molecule has 0 saturated carbocycles. The number of aromatic nitrogens is 2. The molecule has 0 bridgehead atoms. The first-order valence-electron chi connectivity index (χ1n) is 9.47. The molecule has 6 nitrogen and oxygen atoms in total. The summed E-state index contributed by atoms with van der Waals surface area (Å²) in [5, 5.41) is 0. The summed E-state index contributed by atoms with van der Waals surface area (Å²) >= 11 is 1.65. The average Bonchev–Trinajstić information content (AvgIpc) is 3.27. The summed E-state index contributed by atoms with van der Waals surface area (Å²) in [5.74, 6) is 0.888. The highest BCUT2D eigenvalue weighted by Gasteiger charge is 2.12. The van der Waals surface area contributed by atoms with E-state index in [1.807, 2.05) is 30.3 Å². The number of anilines is 1. The number of nitrogens with two attached hydrogens (primary N) is 1. The molecule has 1 saturated heterocycles. The van der Waals surface area contributed by atoms with E-state index in [0.29, 0.717) is 6.61 Å². The van der Waals surface area contributed by atoms with Gasteiger partial charge >= 0.3 is 0 Å². The molecule has 1 aliphatic rings. The maximum atomic E-state index is 5.89. The van der Waals surface area contributed by atoms with Gasteiger partial charge in [0, 0.05) is 37.1 Å². The number of nitrogens with zero attached hydrogens (tertiary/aromatic N) is 3. The fraction of sp³-hybridized carbons (Fsp3) is 0.286. The zero-order chi connectivity index (χ0) is 18.9. The summed E-state index contributed by atoms with van der Waals surface area (Å²) in [6, 6.07) is 14.1. The van der Waals surface area contributed by atoms with Crippen molar-refractivity contribution in [3.05, 3.63) is 48.7 Å². The van der Waals surface area contributed by atoms with Crippen molar-refractivity contribution in [3.63, 3.8) is 0 Å². The Balaban J connectivity index is 1.28. The highest BCUT2D eigenvalue weighted by molar-refractivity contribution is 7.23. The standard InChI is InChI=1S/C21H22N4O2S/c22-16-3-6-19-20(13-16)28-21-23-18(14-25(19)21)15-1-4-17(5-2-15)27-12-9-24-7-10-26-11-8-24/h1-6,13-14H,7-12,22H2. The molecule has 7 heteroatoms. The summed E-state index contributed by atoms with van der Waals surface area (Å²) in [6.45, 7) is 5.23. The van der Waals surface area contributed by atoms with E-state index >= 15 is 0 Å². The van der Waals surface area contributed by atoms with Crippen LogP contribution in [0, 0.1) is 0 Å². The number of rotatable bonds is 5.